The molecule has 0 bridgehead atoms. The standard InChI is InChI=1S/C17H19ClO4/c1-9-6-11-14(12(9)8-22-13(19)7-18)10(2)17(4-5-17)16(3,21)15(11)20/h6,21H,4-5,7-8H2,1-3H3/t16-/m0/s1. The minimum absolute atomic E-state index is 0.107. The molecular weight excluding hydrogens is 304 g/mol. The minimum atomic E-state index is -1.35. The maximum absolute atomic E-state index is 12.7. The fourth-order valence-electron chi connectivity index (χ4n) is 3.79. The number of allylic oxidation sites excluding steroid dienone is 2. The van der Waals surface area contributed by atoms with Crippen LogP contribution in [0.5, 0.6) is 0 Å². The van der Waals surface area contributed by atoms with Gasteiger partial charge < -0.3 is 9.84 Å². The Morgan fingerprint density at radius 1 is 1.41 bits per heavy atom. The Balaban J connectivity index is 2.03. The average Bonchev–Trinajstić information content (AvgIpc) is 3.22. The van der Waals surface area contributed by atoms with Crippen molar-refractivity contribution in [3.8, 4) is 0 Å². The molecule has 5 heteroatoms. The number of aliphatic hydroxyl groups is 1. The quantitative estimate of drug-likeness (QED) is 0.640. The molecule has 0 amide bonds. The maximum Gasteiger partial charge on any atom is 0.321 e. The Bertz CT molecular complexity index is 675. The number of carbonyl (C=O) groups excluding carboxylic acids is 2. The van der Waals surface area contributed by atoms with E-state index in [0.717, 1.165) is 35.1 Å². The Hall–Kier alpha value is -1.39. The van der Waals surface area contributed by atoms with E-state index in [1.54, 1.807) is 13.0 Å². The van der Waals surface area contributed by atoms with Gasteiger partial charge >= 0.3 is 5.97 Å². The lowest BCUT2D eigenvalue weighted by Gasteiger charge is -2.39. The Morgan fingerprint density at radius 2 is 2.05 bits per heavy atom. The van der Waals surface area contributed by atoms with E-state index in [-0.39, 0.29) is 18.3 Å². The van der Waals surface area contributed by atoms with Crippen LogP contribution in [0.1, 0.15) is 33.6 Å². The number of alkyl halides is 1. The highest BCUT2D eigenvalue weighted by Gasteiger charge is 2.65. The van der Waals surface area contributed by atoms with Gasteiger partial charge in [-0.1, -0.05) is 5.57 Å². The van der Waals surface area contributed by atoms with Gasteiger partial charge in [-0.3, -0.25) is 9.59 Å². The summed E-state index contributed by atoms with van der Waals surface area (Å²) in [6.45, 7) is 5.58. The van der Waals surface area contributed by atoms with Crippen molar-refractivity contribution in [2.45, 2.75) is 39.2 Å². The molecule has 1 saturated carbocycles. The molecule has 3 aliphatic carbocycles. The smallest absolute Gasteiger partial charge is 0.321 e. The van der Waals surface area contributed by atoms with Crippen molar-refractivity contribution >= 4 is 23.4 Å². The first kappa shape index (κ1) is 15.5. The highest BCUT2D eigenvalue weighted by molar-refractivity contribution is 6.26. The molecule has 0 aromatic heterocycles. The topological polar surface area (TPSA) is 63.6 Å². The van der Waals surface area contributed by atoms with Crippen molar-refractivity contribution in [2.24, 2.45) is 5.41 Å². The van der Waals surface area contributed by atoms with Gasteiger partial charge in [0.2, 0.25) is 0 Å². The van der Waals surface area contributed by atoms with E-state index in [1.807, 2.05) is 13.8 Å². The third kappa shape index (κ3) is 1.87. The number of hydrogen-bond donors (Lipinski definition) is 1. The van der Waals surface area contributed by atoms with Gasteiger partial charge in [0.1, 0.15) is 18.1 Å². The van der Waals surface area contributed by atoms with Crippen LogP contribution in [0.2, 0.25) is 0 Å². The molecule has 3 rings (SSSR count). The van der Waals surface area contributed by atoms with Crippen LogP contribution in [-0.4, -0.2) is 34.9 Å². The molecule has 0 aromatic carbocycles. The monoisotopic (exact) mass is 322 g/mol. The number of rotatable bonds is 3. The second-order valence-electron chi connectivity index (χ2n) is 6.50. The summed E-state index contributed by atoms with van der Waals surface area (Å²) in [5, 5.41) is 10.7. The number of Topliss-reactive ketones (excluding diaryl/α,β-unsaturated/α-hetero) is 1. The van der Waals surface area contributed by atoms with Gasteiger partial charge in [-0.2, -0.15) is 0 Å². The van der Waals surface area contributed by atoms with Gasteiger partial charge in [0.25, 0.3) is 0 Å². The van der Waals surface area contributed by atoms with Crippen LogP contribution in [-0.2, 0) is 14.3 Å². The Morgan fingerprint density at radius 3 is 2.59 bits per heavy atom. The zero-order valence-corrected chi connectivity index (χ0v) is 13.7. The number of halogens is 1. The Labute approximate surface area is 134 Å². The van der Waals surface area contributed by atoms with Gasteiger partial charge in [-0.15, -0.1) is 11.6 Å². The fourth-order valence-corrected chi connectivity index (χ4v) is 3.87. The molecule has 1 atom stereocenters. The predicted molar refractivity (Wildman–Crippen MR) is 82.5 cm³/mol. The molecule has 0 saturated heterocycles. The largest absolute Gasteiger partial charge is 0.460 e. The van der Waals surface area contributed by atoms with Crippen molar-refractivity contribution in [1.29, 1.82) is 0 Å². The average molecular weight is 323 g/mol. The lowest BCUT2D eigenvalue weighted by Crippen LogP contribution is -2.49. The van der Waals surface area contributed by atoms with E-state index < -0.39 is 17.0 Å². The first-order valence-electron chi connectivity index (χ1n) is 7.38. The van der Waals surface area contributed by atoms with Crippen LogP contribution in [0.25, 0.3) is 0 Å². The molecule has 1 N–H and O–H groups in total. The van der Waals surface area contributed by atoms with E-state index in [1.165, 1.54) is 0 Å². The lowest BCUT2D eigenvalue weighted by molar-refractivity contribution is -0.139. The summed E-state index contributed by atoms with van der Waals surface area (Å²) in [6, 6.07) is 0. The summed E-state index contributed by atoms with van der Waals surface area (Å²) in [5.41, 5.74) is 2.35. The minimum Gasteiger partial charge on any atom is -0.460 e. The third-order valence-corrected chi connectivity index (χ3v) is 5.57. The molecule has 4 nitrogen and oxygen atoms in total. The van der Waals surface area contributed by atoms with Crippen molar-refractivity contribution in [2.75, 3.05) is 12.5 Å². The molecule has 118 valence electrons. The van der Waals surface area contributed by atoms with Gasteiger partial charge in [-0.05, 0) is 50.8 Å². The number of ether oxygens (including phenoxy) is 1. The predicted octanol–water partition coefficient (Wildman–Crippen LogP) is 2.46. The Kier molecular flexibility index (Phi) is 3.38. The second kappa shape index (κ2) is 4.80. The molecule has 1 spiro atoms. The summed E-state index contributed by atoms with van der Waals surface area (Å²) in [7, 11) is 0. The molecule has 1 fully saturated rings. The van der Waals surface area contributed by atoms with Gasteiger partial charge in [0, 0.05) is 16.6 Å². The second-order valence-corrected chi connectivity index (χ2v) is 6.76. The van der Waals surface area contributed by atoms with Crippen LogP contribution in [0.4, 0.5) is 0 Å². The third-order valence-electron chi connectivity index (χ3n) is 5.36. The van der Waals surface area contributed by atoms with E-state index in [9.17, 15) is 14.7 Å². The highest BCUT2D eigenvalue weighted by Crippen LogP contribution is 2.64. The van der Waals surface area contributed by atoms with Crippen molar-refractivity contribution in [3.63, 3.8) is 0 Å². The van der Waals surface area contributed by atoms with Crippen molar-refractivity contribution in [3.05, 3.63) is 33.9 Å². The zero-order valence-electron chi connectivity index (χ0n) is 13.0. The van der Waals surface area contributed by atoms with Crippen LogP contribution < -0.4 is 0 Å². The first-order chi connectivity index (χ1) is 10.3. The van der Waals surface area contributed by atoms with Gasteiger partial charge in [0.05, 0.1) is 0 Å². The normalized spacial score (nSPS) is 29.0. The summed E-state index contributed by atoms with van der Waals surface area (Å²) in [5.74, 6) is -0.907. The van der Waals surface area contributed by atoms with E-state index >= 15 is 0 Å². The van der Waals surface area contributed by atoms with E-state index in [4.69, 9.17) is 16.3 Å². The van der Waals surface area contributed by atoms with Gasteiger partial charge in [-0.25, -0.2) is 0 Å². The summed E-state index contributed by atoms with van der Waals surface area (Å²) in [4.78, 5) is 24.0. The molecule has 0 radical (unpaired) electrons. The molecule has 0 heterocycles. The van der Waals surface area contributed by atoms with Crippen LogP contribution in [0.3, 0.4) is 0 Å². The number of ketones is 1. The molecular formula is C17H19ClO4. The zero-order chi connectivity index (χ0) is 16.3. The summed E-state index contributed by atoms with van der Waals surface area (Å²) in [6.07, 6.45) is 3.40. The fraction of sp³-hybridized carbons (Fsp3) is 0.529. The van der Waals surface area contributed by atoms with Crippen LogP contribution >= 0.6 is 11.6 Å². The van der Waals surface area contributed by atoms with Crippen LogP contribution in [0.15, 0.2) is 33.9 Å². The van der Waals surface area contributed by atoms with Gasteiger partial charge in [0.15, 0.2) is 5.78 Å². The summed E-state index contributed by atoms with van der Waals surface area (Å²) < 4.78 is 5.15. The number of fused-ring (bicyclic) bond motifs is 1. The van der Waals surface area contributed by atoms with E-state index in [0.29, 0.717) is 5.57 Å². The molecule has 0 unspecified atom stereocenters. The van der Waals surface area contributed by atoms with Crippen LogP contribution in [0, 0.1) is 5.41 Å². The SMILES string of the molecule is CC1=C(COC(=O)CCl)C2=C(C)C3(CC3)[C@@](C)(O)C(=O)C2=C1. The van der Waals surface area contributed by atoms with Crippen molar-refractivity contribution < 1.29 is 19.4 Å². The van der Waals surface area contributed by atoms with E-state index in [2.05, 4.69) is 0 Å². The molecule has 22 heavy (non-hydrogen) atoms. The number of hydrogen-bond acceptors (Lipinski definition) is 4. The maximum atomic E-state index is 12.7. The molecule has 3 aliphatic rings. The summed E-state index contributed by atoms with van der Waals surface area (Å²) >= 11 is 5.45. The first-order valence-corrected chi connectivity index (χ1v) is 7.92. The molecule has 0 aliphatic heterocycles. The number of esters is 1. The molecule has 0 aromatic rings. The van der Waals surface area contributed by atoms with Crippen molar-refractivity contribution in [1.82, 2.24) is 0 Å². The highest BCUT2D eigenvalue weighted by atomic mass is 35.5. The lowest BCUT2D eigenvalue weighted by atomic mass is 9.67. The number of carbonyl (C=O) groups is 2.